The average molecular weight is 448 g/mol. The van der Waals surface area contributed by atoms with E-state index in [0.717, 1.165) is 30.8 Å². The number of aldehydes is 2. The largest absolute Gasteiger partial charge is 0.400 e. The fraction of sp³-hybridized carbons (Fsp3) is 0.304. The first-order valence-electron chi connectivity index (χ1n) is 9.69. The normalized spacial score (nSPS) is 9.72. The van der Waals surface area contributed by atoms with Gasteiger partial charge in [0.25, 0.3) is 0 Å². The maximum Gasteiger partial charge on any atom is 0.234 e. The third-order valence-corrected chi connectivity index (χ3v) is 3.44. The number of carbonyl (C=O) groups excluding carboxylic acids is 4. The van der Waals surface area contributed by atoms with E-state index in [9.17, 15) is 14.4 Å². The van der Waals surface area contributed by atoms with Crippen LogP contribution < -0.4 is 16.4 Å². The zero-order valence-electron chi connectivity index (χ0n) is 18.5. The van der Waals surface area contributed by atoms with Crippen LogP contribution in [0.2, 0.25) is 0 Å². The molecule has 0 saturated carbocycles. The first-order valence-corrected chi connectivity index (χ1v) is 9.69. The first kappa shape index (κ1) is 30.8. The average Bonchev–Trinajstić information content (AvgIpc) is 2.83. The Kier molecular flexibility index (Phi) is 23.0. The zero-order valence-corrected chi connectivity index (χ0v) is 18.5. The van der Waals surface area contributed by atoms with E-state index in [0.29, 0.717) is 13.0 Å². The number of ether oxygens (including phenoxy) is 1. The Labute approximate surface area is 189 Å². The molecule has 5 N–H and O–H groups in total. The topological polar surface area (TPSA) is 148 Å². The Morgan fingerprint density at radius 1 is 1.00 bits per heavy atom. The van der Waals surface area contributed by atoms with Crippen molar-refractivity contribution in [1.82, 2.24) is 10.6 Å². The monoisotopic (exact) mass is 447 g/mol. The number of nitrogens with one attached hydrogen (secondary N) is 2. The number of likely N-dealkylation sites (N-methyl/N-ethyl adjacent to an activating group) is 1. The smallest absolute Gasteiger partial charge is 0.234 e. The lowest BCUT2D eigenvalue weighted by Crippen LogP contribution is -2.41. The van der Waals surface area contributed by atoms with E-state index in [-0.39, 0.29) is 25.5 Å². The molecule has 1 atom stereocenters. The molecule has 0 aliphatic heterocycles. The number of benzene rings is 2. The SMILES string of the molecule is CNCC(=O)NC(C=O)Cc1ccccc1.CO.NC=O.O=CCOCc1ccccc1. The third-order valence-electron chi connectivity index (χ3n) is 3.44. The molecule has 32 heavy (non-hydrogen) atoms. The van der Waals surface area contributed by atoms with Crippen molar-refractivity contribution in [2.45, 2.75) is 19.1 Å². The highest BCUT2D eigenvalue weighted by Gasteiger charge is 2.10. The maximum atomic E-state index is 11.3. The summed E-state index contributed by atoms with van der Waals surface area (Å²) in [5, 5.41) is 12.4. The van der Waals surface area contributed by atoms with Gasteiger partial charge in [0.2, 0.25) is 12.3 Å². The van der Waals surface area contributed by atoms with Crippen molar-refractivity contribution < 1.29 is 29.0 Å². The van der Waals surface area contributed by atoms with Gasteiger partial charge in [0.15, 0.2) is 0 Å². The van der Waals surface area contributed by atoms with Crippen LogP contribution in [0.25, 0.3) is 0 Å². The molecule has 2 amide bonds. The van der Waals surface area contributed by atoms with Crippen LogP contribution in [-0.2, 0) is 36.9 Å². The highest BCUT2D eigenvalue weighted by molar-refractivity contribution is 5.81. The summed E-state index contributed by atoms with van der Waals surface area (Å²) in [6.07, 6.45) is 2.29. The number of rotatable bonds is 10. The van der Waals surface area contributed by atoms with Gasteiger partial charge in [-0.2, -0.15) is 0 Å². The molecule has 0 fully saturated rings. The van der Waals surface area contributed by atoms with Gasteiger partial charge in [0, 0.05) is 7.11 Å². The lowest BCUT2D eigenvalue weighted by molar-refractivity contribution is -0.123. The predicted molar refractivity (Wildman–Crippen MR) is 123 cm³/mol. The van der Waals surface area contributed by atoms with E-state index in [4.69, 9.17) is 14.6 Å². The van der Waals surface area contributed by atoms with Gasteiger partial charge in [-0.05, 0) is 24.6 Å². The number of amides is 2. The lowest BCUT2D eigenvalue weighted by Gasteiger charge is -2.12. The van der Waals surface area contributed by atoms with Crippen LogP contribution in [0.1, 0.15) is 11.1 Å². The molecule has 0 saturated heterocycles. The Morgan fingerprint density at radius 3 is 1.94 bits per heavy atom. The maximum absolute atomic E-state index is 11.3. The quantitative estimate of drug-likeness (QED) is 0.301. The summed E-state index contributed by atoms with van der Waals surface area (Å²) in [5.41, 5.74) is 6.29. The van der Waals surface area contributed by atoms with E-state index in [1.54, 1.807) is 7.05 Å². The molecule has 0 bridgehead atoms. The van der Waals surface area contributed by atoms with E-state index in [2.05, 4.69) is 16.4 Å². The van der Waals surface area contributed by atoms with Gasteiger partial charge < -0.3 is 35.8 Å². The molecule has 9 heteroatoms. The molecule has 0 aliphatic rings. The number of hydrogen-bond donors (Lipinski definition) is 4. The van der Waals surface area contributed by atoms with E-state index >= 15 is 0 Å². The van der Waals surface area contributed by atoms with Crippen LogP contribution in [0.15, 0.2) is 60.7 Å². The zero-order chi connectivity index (χ0) is 24.5. The minimum Gasteiger partial charge on any atom is -0.400 e. The van der Waals surface area contributed by atoms with Crippen molar-refractivity contribution in [2.24, 2.45) is 5.73 Å². The fourth-order valence-corrected chi connectivity index (χ4v) is 2.22. The van der Waals surface area contributed by atoms with Gasteiger partial charge in [-0.3, -0.25) is 9.59 Å². The van der Waals surface area contributed by atoms with Crippen LogP contribution in [0.4, 0.5) is 0 Å². The summed E-state index contributed by atoms with van der Waals surface area (Å²) in [5.74, 6) is -0.171. The lowest BCUT2D eigenvalue weighted by atomic mass is 10.1. The molecule has 176 valence electrons. The van der Waals surface area contributed by atoms with Gasteiger partial charge in [0.05, 0.1) is 19.2 Å². The molecule has 2 aromatic carbocycles. The number of aliphatic hydroxyl groups excluding tert-OH is 1. The first-order chi connectivity index (χ1) is 15.6. The Balaban J connectivity index is 0. The van der Waals surface area contributed by atoms with Crippen molar-refractivity contribution in [3.63, 3.8) is 0 Å². The number of nitrogens with two attached hydrogens (primary N) is 1. The highest BCUT2D eigenvalue weighted by Crippen LogP contribution is 2.01. The highest BCUT2D eigenvalue weighted by atomic mass is 16.5. The van der Waals surface area contributed by atoms with E-state index in [1.165, 1.54) is 0 Å². The molecule has 2 aromatic rings. The summed E-state index contributed by atoms with van der Waals surface area (Å²) in [6.45, 7) is 0.910. The number of primary amides is 1. The van der Waals surface area contributed by atoms with E-state index in [1.807, 2.05) is 60.7 Å². The second-order valence-corrected chi connectivity index (χ2v) is 5.83. The Hall–Kier alpha value is -3.40. The summed E-state index contributed by atoms with van der Waals surface area (Å²) in [6, 6.07) is 18.9. The number of hydrogen-bond acceptors (Lipinski definition) is 7. The molecule has 0 heterocycles. The van der Waals surface area contributed by atoms with E-state index < -0.39 is 6.04 Å². The summed E-state index contributed by atoms with van der Waals surface area (Å²) in [4.78, 5) is 40.5. The molecule has 1 unspecified atom stereocenters. The van der Waals surface area contributed by atoms with Gasteiger partial charge in [-0.25, -0.2) is 0 Å². The van der Waals surface area contributed by atoms with Crippen molar-refractivity contribution in [1.29, 1.82) is 0 Å². The minimum atomic E-state index is -0.455. The predicted octanol–water partition coefficient (Wildman–Crippen LogP) is 0.244. The molecule has 2 rings (SSSR count). The Morgan fingerprint density at radius 2 is 1.50 bits per heavy atom. The molecule has 0 radical (unpaired) electrons. The van der Waals surface area contributed by atoms with Crippen molar-refractivity contribution >= 4 is 24.9 Å². The summed E-state index contributed by atoms with van der Waals surface area (Å²) >= 11 is 0. The standard InChI is InChI=1S/C12H16N2O2.C9H10O2.CH3NO.CH4O/c1-13-8-12(16)14-11(9-15)7-10-5-3-2-4-6-10;10-6-7-11-8-9-4-2-1-3-5-9;2-1-3;1-2/h2-6,9,11,13H,7-8H2,1H3,(H,14,16);1-6H,7-8H2;1H,(H2,2,3);2H,1H3. The van der Waals surface area contributed by atoms with Crippen molar-refractivity contribution in [3.05, 3.63) is 71.8 Å². The van der Waals surface area contributed by atoms with Crippen LogP contribution in [0, 0.1) is 0 Å². The van der Waals surface area contributed by atoms with Crippen LogP contribution in [0.5, 0.6) is 0 Å². The molecule has 0 aliphatic carbocycles. The minimum absolute atomic E-state index is 0.171. The number of aliphatic hydroxyl groups is 1. The second kappa shape index (κ2) is 23.9. The van der Waals surface area contributed by atoms with Crippen LogP contribution in [-0.4, -0.2) is 63.3 Å². The molecule has 0 spiro atoms. The van der Waals surface area contributed by atoms with Gasteiger partial charge in [-0.1, -0.05) is 60.7 Å². The van der Waals surface area contributed by atoms with Crippen molar-refractivity contribution in [3.8, 4) is 0 Å². The second-order valence-electron chi connectivity index (χ2n) is 5.83. The summed E-state index contributed by atoms with van der Waals surface area (Å²) < 4.78 is 5.00. The Bertz CT molecular complexity index is 714. The molecular formula is C23H33N3O6. The molecule has 9 nitrogen and oxygen atoms in total. The fourth-order valence-electron chi connectivity index (χ4n) is 2.22. The van der Waals surface area contributed by atoms with Gasteiger partial charge in [-0.15, -0.1) is 0 Å². The van der Waals surface area contributed by atoms with Gasteiger partial charge >= 0.3 is 0 Å². The third kappa shape index (κ3) is 18.6. The van der Waals surface area contributed by atoms with Crippen molar-refractivity contribution in [2.75, 3.05) is 27.3 Å². The molecular weight excluding hydrogens is 414 g/mol. The summed E-state index contributed by atoms with van der Waals surface area (Å²) in [7, 11) is 2.69. The number of carbonyl (C=O) groups is 4. The van der Waals surface area contributed by atoms with Crippen LogP contribution in [0.3, 0.4) is 0 Å². The molecule has 0 aromatic heterocycles. The van der Waals surface area contributed by atoms with Crippen LogP contribution >= 0.6 is 0 Å². The van der Waals surface area contributed by atoms with Gasteiger partial charge in [0.1, 0.15) is 19.2 Å².